The smallest absolute Gasteiger partial charge is 0.408 e. The Kier molecular flexibility index (Phi) is 14.9. The standard InChI is InChI=1S/C40H56N6O7S/c1-25(2)21-32(36(49)42-29(34(41)47)18-20-54-6)46-24-28-17-19-45(33(28)38(46)51)37(50)31(23-27-15-11-8-12-16-27)43-35(48)30(22-26-13-9-7-10-14-26)44-39(52)53-40(3,4)5/h7-16,25,28-33H,17-24H2,1-6H3,(H2,41,47)(H,42,49)(H,43,48)(H,44,52)/t28-,29-,30-,31-,32+,33-/m0/s1. The number of hydrogen-bond acceptors (Lipinski definition) is 8. The summed E-state index contributed by atoms with van der Waals surface area (Å²) in [4.78, 5) is 84.8. The number of carbonyl (C=O) groups is 6. The van der Waals surface area contributed by atoms with Crippen molar-refractivity contribution >= 4 is 47.4 Å². The van der Waals surface area contributed by atoms with Crippen LogP contribution in [0.2, 0.25) is 0 Å². The SMILES string of the molecule is CSCC[C@H](NC(=O)[C@@H](CC(C)C)N1C[C@@H]2CCN(C(=O)[C@H](Cc3ccccc3)NC(=O)[C@H](Cc3ccccc3)NC(=O)OC(C)(C)C)[C@@H]2C1=O)C(N)=O. The number of fused-ring (bicyclic) bond motifs is 1. The summed E-state index contributed by atoms with van der Waals surface area (Å²) < 4.78 is 5.46. The van der Waals surface area contributed by atoms with Crippen molar-refractivity contribution in [1.82, 2.24) is 25.8 Å². The van der Waals surface area contributed by atoms with Crippen LogP contribution < -0.4 is 21.7 Å². The van der Waals surface area contributed by atoms with Crippen LogP contribution in [0.4, 0.5) is 4.79 Å². The Balaban J connectivity index is 1.58. The molecule has 2 aliphatic heterocycles. The third-order valence-corrected chi connectivity index (χ3v) is 10.2. The highest BCUT2D eigenvalue weighted by molar-refractivity contribution is 7.98. The van der Waals surface area contributed by atoms with Gasteiger partial charge in [0.25, 0.3) is 0 Å². The van der Waals surface area contributed by atoms with Crippen LogP contribution in [0.15, 0.2) is 60.7 Å². The minimum atomic E-state index is -1.07. The molecule has 2 saturated heterocycles. The number of primary amides is 1. The van der Waals surface area contributed by atoms with E-state index in [9.17, 15) is 28.8 Å². The molecule has 0 spiro atoms. The molecule has 54 heavy (non-hydrogen) atoms. The molecule has 0 radical (unpaired) electrons. The van der Waals surface area contributed by atoms with E-state index in [4.69, 9.17) is 10.5 Å². The van der Waals surface area contributed by atoms with Crippen molar-refractivity contribution in [1.29, 1.82) is 0 Å². The molecular weight excluding hydrogens is 709 g/mol. The maximum absolute atomic E-state index is 14.6. The second-order valence-electron chi connectivity index (χ2n) is 15.5. The molecule has 294 valence electrons. The molecule has 2 aromatic carbocycles. The van der Waals surface area contributed by atoms with Crippen LogP contribution in [0.5, 0.6) is 0 Å². The van der Waals surface area contributed by atoms with Crippen molar-refractivity contribution in [3.8, 4) is 0 Å². The maximum Gasteiger partial charge on any atom is 0.408 e. The summed E-state index contributed by atoms with van der Waals surface area (Å²) in [6.45, 7) is 9.67. The van der Waals surface area contributed by atoms with E-state index in [1.807, 2.05) is 80.8 Å². The topological polar surface area (TPSA) is 180 Å². The third kappa shape index (κ3) is 11.7. The van der Waals surface area contributed by atoms with E-state index in [0.717, 1.165) is 11.1 Å². The van der Waals surface area contributed by atoms with Crippen LogP contribution in [-0.4, -0.2) is 106 Å². The van der Waals surface area contributed by atoms with Crippen LogP contribution in [0.3, 0.4) is 0 Å². The molecule has 2 fully saturated rings. The summed E-state index contributed by atoms with van der Waals surface area (Å²) in [7, 11) is 0. The Labute approximate surface area is 322 Å². The van der Waals surface area contributed by atoms with Crippen molar-refractivity contribution in [3.05, 3.63) is 71.8 Å². The summed E-state index contributed by atoms with van der Waals surface area (Å²) in [6, 6.07) is 13.8. The molecule has 0 aliphatic carbocycles. The van der Waals surface area contributed by atoms with Crippen molar-refractivity contribution in [3.63, 3.8) is 0 Å². The van der Waals surface area contributed by atoms with E-state index >= 15 is 0 Å². The zero-order valence-electron chi connectivity index (χ0n) is 32.2. The lowest BCUT2D eigenvalue weighted by molar-refractivity contribution is -0.146. The van der Waals surface area contributed by atoms with Gasteiger partial charge in [-0.05, 0) is 69.1 Å². The summed E-state index contributed by atoms with van der Waals surface area (Å²) in [5, 5.41) is 8.40. The highest BCUT2D eigenvalue weighted by Crippen LogP contribution is 2.35. The lowest BCUT2D eigenvalue weighted by Crippen LogP contribution is -2.58. The third-order valence-electron chi connectivity index (χ3n) is 9.60. The Hall–Kier alpha value is -4.59. The van der Waals surface area contributed by atoms with Gasteiger partial charge in [-0.15, -0.1) is 0 Å². The molecule has 0 saturated carbocycles. The Morgan fingerprint density at radius 2 is 1.44 bits per heavy atom. The minimum Gasteiger partial charge on any atom is -0.444 e. The second kappa shape index (κ2) is 19.1. The second-order valence-corrected chi connectivity index (χ2v) is 16.5. The van der Waals surface area contributed by atoms with E-state index in [2.05, 4.69) is 16.0 Å². The molecule has 14 heteroatoms. The lowest BCUT2D eigenvalue weighted by Gasteiger charge is -2.32. The van der Waals surface area contributed by atoms with Crippen molar-refractivity contribution in [2.45, 2.75) is 103 Å². The number of thioether (sulfide) groups is 1. The zero-order chi connectivity index (χ0) is 39.6. The van der Waals surface area contributed by atoms with E-state index in [1.54, 1.807) is 25.7 Å². The molecule has 2 aromatic rings. The van der Waals surface area contributed by atoms with Gasteiger partial charge in [-0.2, -0.15) is 11.8 Å². The van der Waals surface area contributed by atoms with Gasteiger partial charge < -0.3 is 36.2 Å². The minimum absolute atomic E-state index is 0.0496. The lowest BCUT2D eigenvalue weighted by atomic mass is 10.0. The normalized spacial score (nSPS) is 19.1. The Bertz CT molecular complexity index is 1620. The predicted octanol–water partition coefficient (Wildman–Crippen LogP) is 3.05. The van der Waals surface area contributed by atoms with E-state index < -0.39 is 65.5 Å². The van der Waals surface area contributed by atoms with Gasteiger partial charge in [-0.3, -0.25) is 24.0 Å². The van der Waals surface area contributed by atoms with Gasteiger partial charge in [0.15, 0.2) is 0 Å². The van der Waals surface area contributed by atoms with E-state index in [-0.39, 0.29) is 37.1 Å². The fourth-order valence-electron chi connectivity index (χ4n) is 7.07. The van der Waals surface area contributed by atoms with E-state index in [0.29, 0.717) is 31.6 Å². The number of amides is 6. The Morgan fingerprint density at radius 3 is 1.98 bits per heavy atom. The maximum atomic E-state index is 14.6. The first-order valence-corrected chi connectivity index (χ1v) is 20.0. The largest absolute Gasteiger partial charge is 0.444 e. The summed E-state index contributed by atoms with van der Waals surface area (Å²) >= 11 is 1.53. The van der Waals surface area contributed by atoms with Crippen molar-refractivity contribution in [2.75, 3.05) is 25.1 Å². The van der Waals surface area contributed by atoms with Gasteiger partial charge in [0.2, 0.25) is 29.5 Å². The van der Waals surface area contributed by atoms with Crippen LogP contribution in [-0.2, 0) is 41.6 Å². The van der Waals surface area contributed by atoms with Gasteiger partial charge >= 0.3 is 6.09 Å². The number of carbonyl (C=O) groups excluding carboxylic acids is 6. The first-order chi connectivity index (χ1) is 25.6. The summed E-state index contributed by atoms with van der Waals surface area (Å²) in [6.07, 6.45) is 2.68. The monoisotopic (exact) mass is 764 g/mol. The number of ether oxygens (including phenoxy) is 1. The molecule has 0 aromatic heterocycles. The van der Waals surface area contributed by atoms with Crippen LogP contribution in [0, 0.1) is 11.8 Å². The average Bonchev–Trinajstić information content (AvgIpc) is 3.67. The molecule has 2 heterocycles. The van der Waals surface area contributed by atoms with Crippen LogP contribution >= 0.6 is 11.8 Å². The molecule has 6 atom stereocenters. The molecule has 5 N–H and O–H groups in total. The molecule has 2 aliphatic rings. The molecule has 4 rings (SSSR count). The molecule has 0 unspecified atom stereocenters. The highest BCUT2D eigenvalue weighted by Gasteiger charge is 2.53. The molecular formula is C40H56N6O7S. The molecule has 6 amide bonds. The summed E-state index contributed by atoms with van der Waals surface area (Å²) in [5.74, 6) is -1.98. The Morgan fingerprint density at radius 1 is 0.870 bits per heavy atom. The number of nitrogens with two attached hydrogens (primary N) is 1. The number of nitrogens with zero attached hydrogens (tertiary/aromatic N) is 2. The number of rotatable bonds is 17. The molecule has 0 bridgehead atoms. The van der Waals surface area contributed by atoms with Gasteiger partial charge in [0.05, 0.1) is 0 Å². The number of hydrogen-bond donors (Lipinski definition) is 4. The van der Waals surface area contributed by atoms with Gasteiger partial charge in [-0.1, -0.05) is 74.5 Å². The summed E-state index contributed by atoms with van der Waals surface area (Å²) in [5.41, 5.74) is 6.40. The number of alkyl carbamates (subject to hydrolysis) is 1. The quantitative estimate of drug-likeness (QED) is 0.190. The fourth-order valence-corrected chi connectivity index (χ4v) is 7.54. The molecule has 13 nitrogen and oxygen atoms in total. The van der Waals surface area contributed by atoms with Crippen molar-refractivity contribution < 1.29 is 33.5 Å². The van der Waals surface area contributed by atoms with Crippen LogP contribution in [0.1, 0.15) is 65.0 Å². The zero-order valence-corrected chi connectivity index (χ0v) is 33.0. The fraction of sp³-hybridized carbons (Fsp3) is 0.550. The van der Waals surface area contributed by atoms with Gasteiger partial charge in [-0.25, -0.2) is 4.79 Å². The predicted molar refractivity (Wildman–Crippen MR) is 208 cm³/mol. The van der Waals surface area contributed by atoms with Crippen molar-refractivity contribution in [2.24, 2.45) is 17.6 Å². The average molecular weight is 765 g/mol. The first-order valence-electron chi connectivity index (χ1n) is 18.6. The van der Waals surface area contributed by atoms with E-state index in [1.165, 1.54) is 16.7 Å². The number of likely N-dealkylation sites (tertiary alicyclic amines) is 2. The first kappa shape index (κ1) is 42.2. The van der Waals surface area contributed by atoms with Gasteiger partial charge in [0, 0.05) is 31.8 Å². The van der Waals surface area contributed by atoms with Crippen LogP contribution in [0.25, 0.3) is 0 Å². The van der Waals surface area contributed by atoms with Gasteiger partial charge in [0.1, 0.15) is 35.8 Å². The highest BCUT2D eigenvalue weighted by atomic mass is 32.2. The number of benzene rings is 2. The number of nitrogens with one attached hydrogen (secondary N) is 3.